The molecule has 0 saturated carbocycles. The fourth-order valence-corrected chi connectivity index (χ4v) is 3.72. The van der Waals surface area contributed by atoms with Crippen LogP contribution in [0.25, 0.3) is 16.7 Å². The predicted octanol–water partition coefficient (Wildman–Crippen LogP) is 3.18. The maximum atomic E-state index is 13.3. The van der Waals surface area contributed by atoms with Gasteiger partial charge in [-0.15, -0.1) is 0 Å². The number of nitrogens with zero attached hydrogens (tertiary/aromatic N) is 8. The smallest absolute Gasteiger partial charge is 0.417 e. The number of nitrogens with one attached hydrogen (secondary N) is 2. The van der Waals surface area contributed by atoms with Gasteiger partial charge in [-0.1, -0.05) is 0 Å². The van der Waals surface area contributed by atoms with E-state index in [9.17, 15) is 23.2 Å². The SMILES string of the molecule is CNc1cn2ncc(Oc3cnc4nc(Nc5cc(C(F)(F)F)cn(C)c5=O)n(C)c4c3C#N)c2cn1. The molecule has 0 aromatic carbocycles. The third kappa shape index (κ3) is 4.03. The van der Waals surface area contributed by atoms with Crippen molar-refractivity contribution in [1.29, 1.82) is 5.26 Å². The number of aryl methyl sites for hydroxylation is 2. The molecule has 0 spiro atoms. The van der Waals surface area contributed by atoms with Crippen LogP contribution in [0.3, 0.4) is 0 Å². The van der Waals surface area contributed by atoms with Crippen molar-refractivity contribution in [2.24, 2.45) is 14.1 Å². The summed E-state index contributed by atoms with van der Waals surface area (Å²) >= 11 is 0. The predicted molar refractivity (Wildman–Crippen MR) is 126 cm³/mol. The van der Waals surface area contributed by atoms with Gasteiger partial charge < -0.3 is 24.5 Å². The Morgan fingerprint density at radius 1 is 1.11 bits per heavy atom. The Bertz CT molecular complexity index is 1780. The first kappa shape index (κ1) is 23.6. The molecule has 15 heteroatoms. The number of rotatable bonds is 5. The Kier molecular flexibility index (Phi) is 5.43. The molecule has 2 N–H and O–H groups in total. The quantitative estimate of drug-likeness (QED) is 0.365. The van der Waals surface area contributed by atoms with Crippen molar-refractivity contribution >= 4 is 34.1 Å². The molecule has 0 aliphatic heterocycles. The van der Waals surface area contributed by atoms with Crippen LogP contribution in [-0.4, -0.2) is 40.7 Å². The molecule has 0 bridgehead atoms. The normalized spacial score (nSPS) is 11.6. The summed E-state index contributed by atoms with van der Waals surface area (Å²) in [7, 11) is 4.46. The summed E-state index contributed by atoms with van der Waals surface area (Å²) in [5.41, 5.74) is -1.06. The van der Waals surface area contributed by atoms with Crippen LogP contribution in [-0.2, 0) is 20.3 Å². The van der Waals surface area contributed by atoms with Crippen molar-refractivity contribution in [3.8, 4) is 17.6 Å². The summed E-state index contributed by atoms with van der Waals surface area (Å²) in [6.07, 6.45) is 2.02. The summed E-state index contributed by atoms with van der Waals surface area (Å²) < 4.78 is 49.5. The van der Waals surface area contributed by atoms with Gasteiger partial charge in [-0.25, -0.2) is 14.5 Å². The highest BCUT2D eigenvalue weighted by molar-refractivity contribution is 5.84. The Labute approximate surface area is 205 Å². The van der Waals surface area contributed by atoms with Gasteiger partial charge in [0.1, 0.15) is 34.2 Å². The lowest BCUT2D eigenvalue weighted by Gasteiger charge is -2.12. The summed E-state index contributed by atoms with van der Waals surface area (Å²) in [5.74, 6) is 1.02. The zero-order chi connectivity index (χ0) is 26.5. The first-order chi connectivity index (χ1) is 17.6. The molecule has 0 amide bonds. The molecule has 5 aromatic rings. The zero-order valence-corrected chi connectivity index (χ0v) is 19.5. The molecule has 0 radical (unpaired) electrons. The zero-order valence-electron chi connectivity index (χ0n) is 19.5. The van der Waals surface area contributed by atoms with Gasteiger partial charge in [-0.2, -0.15) is 28.5 Å². The second kappa shape index (κ2) is 8.52. The van der Waals surface area contributed by atoms with Crippen LogP contribution < -0.4 is 20.9 Å². The minimum atomic E-state index is -4.65. The van der Waals surface area contributed by atoms with E-state index in [0.717, 1.165) is 4.57 Å². The number of fused-ring (bicyclic) bond motifs is 2. The van der Waals surface area contributed by atoms with Gasteiger partial charge in [-0.05, 0) is 6.07 Å². The van der Waals surface area contributed by atoms with E-state index in [4.69, 9.17) is 4.74 Å². The monoisotopic (exact) mass is 510 g/mol. The molecule has 12 nitrogen and oxygen atoms in total. The van der Waals surface area contributed by atoms with E-state index in [-0.39, 0.29) is 34.1 Å². The summed E-state index contributed by atoms with van der Waals surface area (Å²) in [6.45, 7) is 0. The first-order valence-electron chi connectivity index (χ1n) is 10.6. The lowest BCUT2D eigenvalue weighted by atomic mass is 10.2. The maximum absolute atomic E-state index is 13.3. The number of aromatic nitrogens is 7. The minimum Gasteiger partial charge on any atom is -0.450 e. The molecular weight excluding hydrogens is 493 g/mol. The Hall–Kier alpha value is -5.13. The number of nitriles is 1. The van der Waals surface area contributed by atoms with Crippen molar-refractivity contribution in [2.45, 2.75) is 6.18 Å². The van der Waals surface area contributed by atoms with Crippen LogP contribution in [0.15, 0.2) is 41.8 Å². The highest BCUT2D eigenvalue weighted by Gasteiger charge is 2.32. The maximum Gasteiger partial charge on any atom is 0.417 e. The summed E-state index contributed by atoms with van der Waals surface area (Å²) in [4.78, 5) is 25.2. The van der Waals surface area contributed by atoms with Crippen molar-refractivity contribution in [2.75, 3.05) is 17.7 Å². The van der Waals surface area contributed by atoms with E-state index >= 15 is 0 Å². The number of pyridine rings is 2. The average molecular weight is 510 g/mol. The van der Waals surface area contributed by atoms with Gasteiger partial charge in [0.2, 0.25) is 5.95 Å². The number of hydrogen-bond acceptors (Lipinski definition) is 9. The fraction of sp³-hybridized carbons (Fsp3) is 0.182. The van der Waals surface area contributed by atoms with Gasteiger partial charge in [-0.3, -0.25) is 4.79 Å². The minimum absolute atomic E-state index is 0.00681. The highest BCUT2D eigenvalue weighted by atomic mass is 19.4. The molecular formula is C22H17F3N10O2. The van der Waals surface area contributed by atoms with Gasteiger partial charge in [0.15, 0.2) is 17.1 Å². The standard InChI is InChI=1S/C22H17F3N10O2/c1-27-17-10-35-14(6-28-17)16(8-30-35)37-15-7-29-19-18(12(15)5-26)34(3)21(32-19)31-13-4-11(22(23,24)25)9-33(2)20(13)36/h4,6-10,27H,1-3H3,(H,29,31,32). The van der Waals surface area contributed by atoms with Crippen LogP contribution in [0.1, 0.15) is 11.1 Å². The average Bonchev–Trinajstić information content (AvgIpc) is 3.41. The number of halogens is 3. The lowest BCUT2D eigenvalue weighted by molar-refractivity contribution is -0.138. The number of ether oxygens (including phenoxy) is 1. The van der Waals surface area contributed by atoms with Gasteiger partial charge in [0.25, 0.3) is 5.56 Å². The lowest BCUT2D eigenvalue weighted by Crippen LogP contribution is -2.23. The number of alkyl halides is 3. The fourth-order valence-electron chi connectivity index (χ4n) is 3.72. The first-order valence-corrected chi connectivity index (χ1v) is 10.6. The van der Waals surface area contributed by atoms with Gasteiger partial charge in [0.05, 0.1) is 30.4 Å². The van der Waals surface area contributed by atoms with Gasteiger partial charge >= 0.3 is 6.18 Å². The van der Waals surface area contributed by atoms with Crippen LogP contribution >= 0.6 is 0 Å². The van der Waals surface area contributed by atoms with Crippen molar-refractivity contribution < 1.29 is 17.9 Å². The summed E-state index contributed by atoms with van der Waals surface area (Å²) in [5, 5.41) is 19.7. The third-order valence-electron chi connectivity index (χ3n) is 5.58. The number of hydrogen-bond donors (Lipinski definition) is 2. The van der Waals surface area contributed by atoms with Crippen LogP contribution in [0.4, 0.5) is 30.6 Å². The molecule has 0 aliphatic rings. The molecule has 0 atom stereocenters. The number of anilines is 3. The van der Waals surface area contributed by atoms with Crippen LogP contribution in [0.5, 0.6) is 11.5 Å². The Balaban J connectivity index is 1.56. The van der Waals surface area contributed by atoms with E-state index in [1.807, 2.05) is 0 Å². The topological polar surface area (TPSA) is 140 Å². The molecule has 0 saturated heterocycles. The summed E-state index contributed by atoms with van der Waals surface area (Å²) in [6, 6.07) is 2.77. The van der Waals surface area contributed by atoms with Gasteiger partial charge in [0, 0.05) is 27.3 Å². The Morgan fingerprint density at radius 3 is 2.59 bits per heavy atom. The third-order valence-corrected chi connectivity index (χ3v) is 5.58. The second-order valence-electron chi connectivity index (χ2n) is 7.92. The number of imidazole rings is 1. The molecule has 37 heavy (non-hydrogen) atoms. The van der Waals surface area contributed by atoms with Crippen LogP contribution in [0, 0.1) is 11.3 Å². The molecule has 5 rings (SSSR count). The molecule has 5 heterocycles. The van der Waals surface area contributed by atoms with Crippen molar-refractivity contribution in [1.82, 2.24) is 33.7 Å². The largest absolute Gasteiger partial charge is 0.450 e. The van der Waals surface area contributed by atoms with E-state index < -0.39 is 17.3 Å². The van der Waals surface area contributed by atoms with E-state index in [2.05, 4.69) is 36.8 Å². The van der Waals surface area contributed by atoms with Crippen molar-refractivity contribution in [3.63, 3.8) is 0 Å². The second-order valence-corrected chi connectivity index (χ2v) is 7.92. The molecule has 5 aromatic heterocycles. The molecule has 0 aliphatic carbocycles. The van der Waals surface area contributed by atoms with Crippen LogP contribution in [0.2, 0.25) is 0 Å². The molecule has 188 valence electrons. The Morgan fingerprint density at radius 2 is 1.89 bits per heavy atom. The van der Waals surface area contributed by atoms with E-state index in [1.54, 1.807) is 24.0 Å². The molecule has 0 unspecified atom stereocenters. The van der Waals surface area contributed by atoms with E-state index in [0.29, 0.717) is 29.3 Å². The van der Waals surface area contributed by atoms with E-state index in [1.165, 1.54) is 31.1 Å². The highest BCUT2D eigenvalue weighted by Crippen LogP contribution is 2.34. The molecule has 0 fully saturated rings. The van der Waals surface area contributed by atoms with Crippen molar-refractivity contribution in [3.05, 3.63) is 58.5 Å².